The van der Waals surface area contributed by atoms with Crippen LogP contribution >= 0.6 is 11.6 Å². The van der Waals surface area contributed by atoms with Crippen molar-refractivity contribution in [1.29, 1.82) is 0 Å². The zero-order valence-electron chi connectivity index (χ0n) is 15.6. The monoisotopic (exact) mass is 425 g/mol. The number of rotatable bonds is 4. The van der Waals surface area contributed by atoms with Gasteiger partial charge in [0.1, 0.15) is 5.82 Å². The Morgan fingerprint density at radius 2 is 2.17 bits per heavy atom. The lowest BCUT2D eigenvalue weighted by Gasteiger charge is -2.37. The second kappa shape index (κ2) is 8.52. The van der Waals surface area contributed by atoms with Gasteiger partial charge in [0.25, 0.3) is 5.95 Å². The summed E-state index contributed by atoms with van der Waals surface area (Å²) in [6.07, 6.45) is 0.328. The molecule has 1 aromatic carbocycles. The Hall–Kier alpha value is -2.43. The van der Waals surface area contributed by atoms with Gasteiger partial charge in [0.2, 0.25) is 0 Å². The van der Waals surface area contributed by atoms with Crippen LogP contribution in [0.2, 0.25) is 5.02 Å². The molecule has 2 amide bonds. The SMILES string of the molecule is O=C1N(CC2CNCCOC2c2ccc(Cl)c(F)c2)CCCN1c1noc(=O)[nH]1. The Kier molecular flexibility index (Phi) is 5.84. The molecule has 11 heteroatoms. The Morgan fingerprint density at radius 3 is 2.93 bits per heavy atom. The molecule has 9 nitrogen and oxygen atoms in total. The zero-order chi connectivity index (χ0) is 20.4. The van der Waals surface area contributed by atoms with Crippen LogP contribution in [0, 0.1) is 11.7 Å². The highest BCUT2D eigenvalue weighted by Gasteiger charge is 2.34. The van der Waals surface area contributed by atoms with Crippen molar-refractivity contribution >= 4 is 23.6 Å². The number of hydrogen-bond donors (Lipinski definition) is 2. The number of amides is 2. The first-order chi connectivity index (χ1) is 14.0. The van der Waals surface area contributed by atoms with Gasteiger partial charge >= 0.3 is 11.8 Å². The third-order valence-electron chi connectivity index (χ3n) is 5.13. The molecule has 2 saturated heterocycles. The number of carbonyl (C=O) groups is 1. The van der Waals surface area contributed by atoms with Crippen molar-refractivity contribution in [1.82, 2.24) is 20.4 Å². The molecule has 29 heavy (non-hydrogen) atoms. The van der Waals surface area contributed by atoms with Gasteiger partial charge in [0.05, 0.1) is 17.7 Å². The van der Waals surface area contributed by atoms with Gasteiger partial charge in [-0.05, 0) is 29.3 Å². The first-order valence-corrected chi connectivity index (χ1v) is 9.80. The summed E-state index contributed by atoms with van der Waals surface area (Å²) in [6.45, 7) is 3.16. The smallest absolute Gasteiger partial charge is 0.372 e. The maximum absolute atomic E-state index is 14.0. The van der Waals surface area contributed by atoms with Crippen molar-refractivity contribution in [3.63, 3.8) is 0 Å². The molecule has 4 rings (SSSR count). The van der Waals surface area contributed by atoms with Gasteiger partial charge in [-0.15, -0.1) is 0 Å². The normalized spacial score (nSPS) is 23.3. The lowest BCUT2D eigenvalue weighted by atomic mass is 9.94. The third-order valence-corrected chi connectivity index (χ3v) is 5.44. The number of aromatic amines is 1. The van der Waals surface area contributed by atoms with Crippen LogP contribution in [0.25, 0.3) is 0 Å². The number of aromatic nitrogens is 2. The zero-order valence-corrected chi connectivity index (χ0v) is 16.3. The van der Waals surface area contributed by atoms with E-state index in [9.17, 15) is 14.0 Å². The van der Waals surface area contributed by atoms with Crippen molar-refractivity contribution in [2.45, 2.75) is 12.5 Å². The molecule has 2 aromatic rings. The van der Waals surface area contributed by atoms with E-state index in [1.807, 2.05) is 0 Å². The Morgan fingerprint density at radius 1 is 1.31 bits per heavy atom. The maximum Gasteiger partial charge on any atom is 0.440 e. The number of nitrogens with zero attached hydrogens (tertiary/aromatic N) is 3. The highest BCUT2D eigenvalue weighted by atomic mass is 35.5. The molecule has 1 aromatic heterocycles. The largest absolute Gasteiger partial charge is 0.440 e. The molecule has 2 aliphatic heterocycles. The molecule has 0 saturated carbocycles. The van der Waals surface area contributed by atoms with Gasteiger partial charge in [0.15, 0.2) is 0 Å². The second-order valence-electron chi connectivity index (χ2n) is 7.08. The van der Waals surface area contributed by atoms with Crippen molar-refractivity contribution in [2.24, 2.45) is 5.92 Å². The minimum absolute atomic E-state index is 0.0560. The van der Waals surface area contributed by atoms with Crippen LogP contribution in [0.5, 0.6) is 0 Å². The molecule has 2 unspecified atom stereocenters. The van der Waals surface area contributed by atoms with Crippen LogP contribution in [0.1, 0.15) is 18.1 Å². The van der Waals surface area contributed by atoms with E-state index in [0.717, 1.165) is 0 Å². The predicted molar refractivity (Wildman–Crippen MR) is 103 cm³/mol. The molecule has 156 valence electrons. The van der Waals surface area contributed by atoms with Gasteiger partial charge in [-0.25, -0.2) is 14.0 Å². The molecular formula is C18H21ClFN5O4. The Bertz CT molecular complexity index is 935. The Labute approximate surface area is 170 Å². The van der Waals surface area contributed by atoms with Crippen molar-refractivity contribution in [3.05, 3.63) is 45.2 Å². The van der Waals surface area contributed by atoms with Gasteiger partial charge < -0.3 is 15.0 Å². The number of halogens is 2. The predicted octanol–water partition coefficient (Wildman–Crippen LogP) is 1.76. The minimum Gasteiger partial charge on any atom is -0.372 e. The number of anilines is 1. The summed E-state index contributed by atoms with van der Waals surface area (Å²) in [5.41, 5.74) is 0.683. The molecule has 3 heterocycles. The minimum atomic E-state index is -0.712. The second-order valence-corrected chi connectivity index (χ2v) is 7.49. The summed E-state index contributed by atoms with van der Waals surface area (Å²) in [7, 11) is 0. The first kappa shape index (κ1) is 19.9. The van der Waals surface area contributed by atoms with E-state index in [0.29, 0.717) is 51.3 Å². The van der Waals surface area contributed by atoms with E-state index in [4.69, 9.17) is 16.3 Å². The van der Waals surface area contributed by atoms with E-state index >= 15 is 0 Å². The lowest BCUT2D eigenvalue weighted by Crippen LogP contribution is -2.52. The fourth-order valence-corrected chi connectivity index (χ4v) is 3.89. The Balaban J connectivity index is 1.54. The number of ether oxygens (including phenoxy) is 1. The molecule has 0 bridgehead atoms. The van der Waals surface area contributed by atoms with E-state index < -0.39 is 11.6 Å². The van der Waals surface area contributed by atoms with E-state index in [-0.39, 0.29) is 29.0 Å². The maximum atomic E-state index is 14.0. The number of hydrogen-bond acceptors (Lipinski definition) is 6. The number of H-pyrrole nitrogens is 1. The summed E-state index contributed by atoms with van der Waals surface area (Å²) in [4.78, 5) is 29.7. The van der Waals surface area contributed by atoms with Crippen LogP contribution in [-0.2, 0) is 4.74 Å². The molecule has 0 aliphatic carbocycles. The topological polar surface area (TPSA) is 104 Å². The van der Waals surface area contributed by atoms with Crippen molar-refractivity contribution in [2.75, 3.05) is 44.2 Å². The average Bonchev–Trinajstić information content (AvgIpc) is 3.00. The molecule has 2 N–H and O–H groups in total. The van der Waals surface area contributed by atoms with Crippen LogP contribution in [0.3, 0.4) is 0 Å². The number of nitrogens with one attached hydrogen (secondary N) is 2. The average molecular weight is 426 g/mol. The van der Waals surface area contributed by atoms with E-state index in [1.54, 1.807) is 11.0 Å². The number of carbonyl (C=O) groups excluding carboxylic acids is 1. The molecule has 0 spiro atoms. The fourth-order valence-electron chi connectivity index (χ4n) is 3.78. The molecule has 2 aliphatic rings. The summed E-state index contributed by atoms with van der Waals surface area (Å²) < 4.78 is 24.5. The molecular weight excluding hydrogens is 405 g/mol. The highest BCUT2D eigenvalue weighted by Crippen LogP contribution is 2.31. The van der Waals surface area contributed by atoms with Gasteiger partial charge in [-0.3, -0.25) is 14.4 Å². The van der Waals surface area contributed by atoms with Gasteiger partial charge in [-0.2, -0.15) is 0 Å². The van der Waals surface area contributed by atoms with Crippen LogP contribution in [-0.4, -0.2) is 60.4 Å². The van der Waals surface area contributed by atoms with Gasteiger partial charge in [0, 0.05) is 38.6 Å². The molecule has 2 fully saturated rings. The van der Waals surface area contributed by atoms with E-state index in [2.05, 4.69) is 20.0 Å². The highest BCUT2D eigenvalue weighted by molar-refractivity contribution is 6.30. The summed E-state index contributed by atoms with van der Waals surface area (Å²) in [6, 6.07) is 4.37. The van der Waals surface area contributed by atoms with Gasteiger partial charge in [-0.1, -0.05) is 17.7 Å². The summed E-state index contributed by atoms with van der Waals surface area (Å²) in [5.74, 6) is -1.22. The quantitative estimate of drug-likeness (QED) is 0.773. The van der Waals surface area contributed by atoms with Crippen molar-refractivity contribution < 1.29 is 18.4 Å². The molecule has 0 radical (unpaired) electrons. The number of urea groups is 1. The summed E-state index contributed by atoms with van der Waals surface area (Å²) >= 11 is 5.81. The van der Waals surface area contributed by atoms with Crippen LogP contribution in [0.4, 0.5) is 15.1 Å². The fraction of sp³-hybridized carbons (Fsp3) is 0.500. The summed E-state index contributed by atoms with van der Waals surface area (Å²) in [5, 5.41) is 6.97. The standard InChI is InChI=1S/C18H21ClFN5O4/c19-13-3-2-11(8-14(13)20)15-12(9-21-4-7-28-15)10-24-5-1-6-25(18(24)27)16-22-17(26)29-23-16/h2-3,8,12,15,21H,1,4-7,9-10H2,(H,22,23,26). The van der Waals surface area contributed by atoms with Crippen LogP contribution in [0.15, 0.2) is 27.5 Å². The first-order valence-electron chi connectivity index (χ1n) is 9.42. The van der Waals surface area contributed by atoms with Crippen LogP contribution < -0.4 is 16.0 Å². The van der Waals surface area contributed by atoms with E-state index in [1.165, 1.54) is 17.0 Å². The van der Waals surface area contributed by atoms with Crippen molar-refractivity contribution in [3.8, 4) is 0 Å². The molecule has 2 atom stereocenters. The lowest BCUT2D eigenvalue weighted by molar-refractivity contribution is 0.0214. The number of benzene rings is 1. The third kappa shape index (κ3) is 4.29.